The molecule has 0 radical (unpaired) electrons. The van der Waals surface area contributed by atoms with Gasteiger partial charge in [-0.15, -0.1) is 0 Å². The van der Waals surface area contributed by atoms with E-state index in [9.17, 15) is 4.79 Å². The minimum absolute atomic E-state index is 0.118. The van der Waals surface area contributed by atoms with E-state index in [1.165, 1.54) is 6.07 Å². The molecule has 110 valence electrons. The predicted molar refractivity (Wildman–Crippen MR) is 84.5 cm³/mol. The SMILES string of the molecule is COc1ccccc1C(C)CC(=N)Cc1ccc(=O)[nH]c1. The molecule has 1 unspecified atom stereocenters. The van der Waals surface area contributed by atoms with Crippen molar-refractivity contribution >= 4 is 5.71 Å². The Hall–Kier alpha value is -2.36. The number of hydrogen-bond acceptors (Lipinski definition) is 3. The zero-order chi connectivity index (χ0) is 15.2. The van der Waals surface area contributed by atoms with E-state index >= 15 is 0 Å². The van der Waals surface area contributed by atoms with Crippen molar-refractivity contribution in [1.82, 2.24) is 4.98 Å². The summed E-state index contributed by atoms with van der Waals surface area (Å²) in [4.78, 5) is 13.7. The summed E-state index contributed by atoms with van der Waals surface area (Å²) in [5.41, 5.74) is 2.59. The fraction of sp³-hybridized carbons (Fsp3) is 0.294. The van der Waals surface area contributed by atoms with Crippen molar-refractivity contribution in [3.8, 4) is 5.75 Å². The monoisotopic (exact) mass is 284 g/mol. The molecule has 1 atom stereocenters. The molecule has 2 rings (SSSR count). The topological polar surface area (TPSA) is 65.9 Å². The summed E-state index contributed by atoms with van der Waals surface area (Å²) in [6.07, 6.45) is 2.89. The van der Waals surface area contributed by atoms with Crippen LogP contribution in [0.2, 0.25) is 0 Å². The van der Waals surface area contributed by atoms with Crippen molar-refractivity contribution in [2.24, 2.45) is 0 Å². The number of H-pyrrole nitrogens is 1. The van der Waals surface area contributed by atoms with Crippen LogP contribution in [0.15, 0.2) is 47.4 Å². The molecule has 1 aromatic heterocycles. The number of aromatic nitrogens is 1. The van der Waals surface area contributed by atoms with Gasteiger partial charge in [0.2, 0.25) is 5.56 Å². The second kappa shape index (κ2) is 6.88. The zero-order valence-electron chi connectivity index (χ0n) is 12.3. The van der Waals surface area contributed by atoms with Crippen LogP contribution in [0, 0.1) is 5.41 Å². The van der Waals surface area contributed by atoms with E-state index in [0.29, 0.717) is 18.6 Å². The van der Waals surface area contributed by atoms with E-state index in [0.717, 1.165) is 16.9 Å². The molecular weight excluding hydrogens is 264 g/mol. The van der Waals surface area contributed by atoms with Crippen molar-refractivity contribution in [1.29, 1.82) is 5.41 Å². The second-order valence-corrected chi connectivity index (χ2v) is 5.19. The number of benzene rings is 1. The van der Waals surface area contributed by atoms with Crippen LogP contribution in [0.5, 0.6) is 5.75 Å². The van der Waals surface area contributed by atoms with Crippen LogP contribution in [-0.4, -0.2) is 17.8 Å². The first-order valence-corrected chi connectivity index (χ1v) is 6.97. The maximum Gasteiger partial charge on any atom is 0.247 e. The van der Waals surface area contributed by atoms with E-state index in [-0.39, 0.29) is 11.5 Å². The van der Waals surface area contributed by atoms with Gasteiger partial charge in [-0.25, -0.2) is 0 Å². The summed E-state index contributed by atoms with van der Waals surface area (Å²) in [7, 11) is 1.66. The third-order valence-corrected chi connectivity index (χ3v) is 3.49. The van der Waals surface area contributed by atoms with Crippen molar-refractivity contribution in [3.63, 3.8) is 0 Å². The van der Waals surface area contributed by atoms with Crippen LogP contribution in [0.3, 0.4) is 0 Å². The lowest BCUT2D eigenvalue weighted by molar-refractivity contribution is 0.407. The first-order valence-electron chi connectivity index (χ1n) is 6.97. The lowest BCUT2D eigenvalue weighted by Gasteiger charge is -2.16. The number of hydrogen-bond donors (Lipinski definition) is 2. The van der Waals surface area contributed by atoms with Crippen molar-refractivity contribution < 1.29 is 4.74 Å². The summed E-state index contributed by atoms with van der Waals surface area (Å²) < 4.78 is 5.37. The van der Waals surface area contributed by atoms with Gasteiger partial charge in [-0.05, 0) is 29.5 Å². The number of aromatic amines is 1. The summed E-state index contributed by atoms with van der Waals surface area (Å²) in [6.45, 7) is 2.10. The number of pyridine rings is 1. The molecule has 4 heteroatoms. The molecule has 2 aromatic rings. The maximum absolute atomic E-state index is 11.0. The van der Waals surface area contributed by atoms with Crippen LogP contribution in [0.1, 0.15) is 30.4 Å². The predicted octanol–water partition coefficient (Wildman–Crippen LogP) is 3.14. The zero-order valence-corrected chi connectivity index (χ0v) is 12.3. The van der Waals surface area contributed by atoms with E-state index in [1.807, 2.05) is 24.3 Å². The maximum atomic E-state index is 11.0. The molecular formula is C17H20N2O2. The van der Waals surface area contributed by atoms with Crippen LogP contribution < -0.4 is 10.3 Å². The molecule has 1 aromatic carbocycles. The normalized spacial score (nSPS) is 11.9. The van der Waals surface area contributed by atoms with E-state index in [4.69, 9.17) is 10.1 Å². The number of ether oxygens (including phenoxy) is 1. The van der Waals surface area contributed by atoms with Gasteiger partial charge in [-0.1, -0.05) is 31.2 Å². The summed E-state index contributed by atoms with van der Waals surface area (Å²) in [5.74, 6) is 1.08. The van der Waals surface area contributed by atoms with E-state index in [2.05, 4.69) is 11.9 Å². The van der Waals surface area contributed by atoms with E-state index < -0.39 is 0 Å². The molecule has 1 heterocycles. The van der Waals surface area contributed by atoms with Gasteiger partial charge >= 0.3 is 0 Å². The molecule has 0 saturated heterocycles. The van der Waals surface area contributed by atoms with Crippen LogP contribution >= 0.6 is 0 Å². The first-order chi connectivity index (χ1) is 10.1. The molecule has 2 N–H and O–H groups in total. The highest BCUT2D eigenvalue weighted by Crippen LogP contribution is 2.28. The Morgan fingerprint density at radius 2 is 2.05 bits per heavy atom. The Bertz CT molecular complexity index is 656. The van der Waals surface area contributed by atoms with Gasteiger partial charge in [-0.3, -0.25) is 4.79 Å². The Morgan fingerprint density at radius 3 is 2.71 bits per heavy atom. The molecule has 0 aliphatic carbocycles. The number of methoxy groups -OCH3 is 1. The molecule has 0 spiro atoms. The quantitative estimate of drug-likeness (QED) is 0.800. The van der Waals surface area contributed by atoms with Crippen LogP contribution in [0.25, 0.3) is 0 Å². The third kappa shape index (κ3) is 4.05. The molecule has 0 fully saturated rings. The fourth-order valence-corrected chi connectivity index (χ4v) is 2.42. The summed E-state index contributed by atoms with van der Waals surface area (Å²) in [5, 5.41) is 8.15. The van der Waals surface area contributed by atoms with Gasteiger partial charge < -0.3 is 15.1 Å². The lowest BCUT2D eigenvalue weighted by atomic mass is 9.92. The average Bonchev–Trinajstić information content (AvgIpc) is 2.49. The van der Waals surface area contributed by atoms with Crippen LogP contribution in [0.4, 0.5) is 0 Å². The first kappa shape index (κ1) is 15.0. The minimum atomic E-state index is -0.118. The fourth-order valence-electron chi connectivity index (χ4n) is 2.42. The van der Waals surface area contributed by atoms with Crippen LogP contribution in [-0.2, 0) is 6.42 Å². The average molecular weight is 284 g/mol. The van der Waals surface area contributed by atoms with Gasteiger partial charge in [0.1, 0.15) is 5.75 Å². The van der Waals surface area contributed by atoms with Crippen molar-refractivity contribution in [3.05, 3.63) is 64.1 Å². The Balaban J connectivity index is 2.02. The second-order valence-electron chi connectivity index (χ2n) is 5.19. The molecule has 0 amide bonds. The smallest absolute Gasteiger partial charge is 0.247 e. The van der Waals surface area contributed by atoms with Gasteiger partial charge in [0, 0.05) is 24.4 Å². The molecule has 21 heavy (non-hydrogen) atoms. The Morgan fingerprint density at radius 1 is 1.29 bits per heavy atom. The van der Waals surface area contributed by atoms with Crippen molar-refractivity contribution in [2.75, 3.05) is 7.11 Å². The Kier molecular flexibility index (Phi) is 4.93. The highest BCUT2D eigenvalue weighted by Gasteiger charge is 2.13. The number of rotatable bonds is 6. The van der Waals surface area contributed by atoms with Gasteiger partial charge in [0.15, 0.2) is 0 Å². The number of nitrogens with one attached hydrogen (secondary N) is 2. The van der Waals surface area contributed by atoms with Gasteiger partial charge in [0.25, 0.3) is 0 Å². The highest BCUT2D eigenvalue weighted by molar-refractivity contribution is 5.84. The minimum Gasteiger partial charge on any atom is -0.496 e. The number of para-hydroxylation sites is 1. The van der Waals surface area contributed by atoms with E-state index in [1.54, 1.807) is 19.4 Å². The highest BCUT2D eigenvalue weighted by atomic mass is 16.5. The summed E-state index contributed by atoms with van der Waals surface area (Å²) in [6, 6.07) is 11.2. The van der Waals surface area contributed by atoms with Gasteiger partial charge in [-0.2, -0.15) is 0 Å². The molecule has 0 aliphatic rings. The molecule has 0 aliphatic heterocycles. The largest absolute Gasteiger partial charge is 0.496 e. The van der Waals surface area contributed by atoms with Crippen molar-refractivity contribution in [2.45, 2.75) is 25.7 Å². The van der Waals surface area contributed by atoms with Gasteiger partial charge in [0.05, 0.1) is 7.11 Å². The standard InChI is InChI=1S/C17H20N2O2/c1-12(15-5-3-4-6-16(15)21-2)9-14(18)10-13-7-8-17(20)19-11-13/h3-8,11-12,18H,9-10H2,1-2H3,(H,19,20). The molecule has 0 bridgehead atoms. The molecule has 4 nitrogen and oxygen atoms in total. The summed E-state index contributed by atoms with van der Waals surface area (Å²) >= 11 is 0. The third-order valence-electron chi connectivity index (χ3n) is 3.49. The lowest BCUT2D eigenvalue weighted by Crippen LogP contribution is -2.10. The molecule has 0 saturated carbocycles. The Labute approximate surface area is 124 Å².